The number of likely N-dealkylation sites (tertiary alicyclic amines) is 1. The molecule has 2 saturated carbocycles. The normalized spacial score (nSPS) is 18.4. The van der Waals surface area contributed by atoms with E-state index in [1.807, 2.05) is 72.9 Å². The molecule has 15 nitrogen and oxygen atoms in total. The Balaban J connectivity index is 0.000000152. The lowest BCUT2D eigenvalue weighted by molar-refractivity contribution is -0.119. The van der Waals surface area contributed by atoms with E-state index >= 15 is 0 Å². The highest BCUT2D eigenvalue weighted by Gasteiger charge is 2.53. The van der Waals surface area contributed by atoms with Crippen LogP contribution in [0.1, 0.15) is 108 Å². The van der Waals surface area contributed by atoms with E-state index in [2.05, 4.69) is 47.6 Å². The maximum atomic E-state index is 13.4. The molecule has 2 unspecified atom stereocenters. The number of benzene rings is 4. The molecule has 4 aromatic carbocycles. The highest BCUT2D eigenvalue weighted by molar-refractivity contribution is 8.13. The summed E-state index contributed by atoms with van der Waals surface area (Å²) in [6, 6.07) is 26.6. The Morgan fingerprint density at radius 2 is 1.11 bits per heavy atom. The summed E-state index contributed by atoms with van der Waals surface area (Å²) >= 11 is 15.6. The Labute approximate surface area is 453 Å². The van der Waals surface area contributed by atoms with Crippen LogP contribution in [0.2, 0.25) is 10.0 Å². The minimum absolute atomic E-state index is 0.0143. The van der Waals surface area contributed by atoms with Crippen LogP contribution < -0.4 is 34.9 Å². The molecular formula is C53H57Cl3N6O9S3. The lowest BCUT2D eigenvalue weighted by Crippen LogP contribution is -2.34. The van der Waals surface area contributed by atoms with Gasteiger partial charge in [0.2, 0.25) is 34.5 Å². The molecule has 4 fully saturated rings. The summed E-state index contributed by atoms with van der Waals surface area (Å²) < 4.78 is 40.5. The van der Waals surface area contributed by atoms with Crippen molar-refractivity contribution < 1.29 is 42.1 Å². The molecular weight excluding hydrogens is 1070 g/mol. The molecule has 2 aromatic heterocycles. The number of aromatic nitrogens is 2. The first kappa shape index (κ1) is 53.8. The van der Waals surface area contributed by atoms with E-state index in [0.29, 0.717) is 43.0 Å². The van der Waals surface area contributed by atoms with Gasteiger partial charge in [-0.3, -0.25) is 14.5 Å². The number of aliphatic hydroxyl groups excluding tert-OH is 1. The van der Waals surface area contributed by atoms with E-state index in [1.54, 1.807) is 18.3 Å². The van der Waals surface area contributed by atoms with Gasteiger partial charge in [-0.15, -0.1) is 0 Å². The lowest BCUT2D eigenvalue weighted by atomic mass is 9.94. The molecule has 2 aliphatic carbocycles. The van der Waals surface area contributed by atoms with Crippen LogP contribution in [0.3, 0.4) is 0 Å². The summed E-state index contributed by atoms with van der Waals surface area (Å²) in [5, 5.41) is 22.2. The first-order chi connectivity index (χ1) is 35.7. The standard InChI is InChI=1S/C26H26ClN3O3S.C21H17ClN2O4S.C5H11N.CH3ClO2S/c27-19-7-3-2-6-18(19)23(30-12-4-1-5-13-30)22-15-28-25(34-22)29-24(31)26(10-11-26)17-8-9-20-21(14-17)33-16-32-20;22-14-4-2-1-3-13(14)18(25)17-10-23-20(29-17)24-19(26)21(7-8-21)12-5-6-15-16(9-12)28-11-27-15;1-2-4-6-5-3-1;1-5(2,3)4/h2-3,6-9,14-15,23H,1,4-5,10-13,16H2,(H,28,29,31);1-6,9-10,18,25H,7-8,11H2,(H,23,24,26);6H,1-5H2;1H3. The molecule has 6 heterocycles. The topological polar surface area (TPSA) is 191 Å². The average molecular weight is 1120 g/mol. The first-order valence-electron chi connectivity index (χ1n) is 24.6. The summed E-state index contributed by atoms with van der Waals surface area (Å²) in [7, 11) is 1.31. The molecule has 0 radical (unpaired) electrons. The number of anilines is 2. The number of thiazole rings is 2. The quantitative estimate of drug-likeness (QED) is 0.0898. The van der Waals surface area contributed by atoms with Gasteiger partial charge in [-0.1, -0.05) is 107 Å². The van der Waals surface area contributed by atoms with Gasteiger partial charge in [0, 0.05) is 43.6 Å². The van der Waals surface area contributed by atoms with Crippen molar-refractivity contribution in [2.24, 2.45) is 0 Å². The van der Waals surface area contributed by atoms with Crippen molar-refractivity contribution >= 4 is 87.7 Å². The SMILES string of the molecule is C1CCNCC1.CS(=O)(=O)Cl.O=C(Nc1ncc(C(O)c2ccccc2Cl)s1)C1(c2ccc3c(c2)OCO3)CC1.O=C(Nc1ncc(C(c2ccccc2Cl)N2CCCCC2)s1)C1(c2ccc3c(c2)OCO3)CC1. The molecule has 6 aliphatic rings. The van der Waals surface area contributed by atoms with Crippen molar-refractivity contribution in [1.29, 1.82) is 0 Å². The summed E-state index contributed by atoms with van der Waals surface area (Å²) in [4.78, 5) is 39.4. The number of piperidine rings is 2. The fourth-order valence-corrected chi connectivity index (χ4v) is 11.6. The third-order valence-electron chi connectivity index (χ3n) is 13.6. The number of nitrogens with zero attached hydrogens (tertiary/aromatic N) is 3. The second-order valence-electron chi connectivity index (χ2n) is 18.8. The second kappa shape index (κ2) is 23.9. The van der Waals surface area contributed by atoms with Crippen LogP contribution in [-0.2, 0) is 29.5 Å². The van der Waals surface area contributed by atoms with Crippen LogP contribution in [0.5, 0.6) is 23.0 Å². The van der Waals surface area contributed by atoms with Crippen molar-refractivity contribution in [3.05, 3.63) is 139 Å². The van der Waals surface area contributed by atoms with Crippen molar-refractivity contribution in [3.8, 4) is 23.0 Å². The molecule has 0 spiro atoms. The van der Waals surface area contributed by atoms with Crippen LogP contribution in [-0.4, -0.2) is 86.2 Å². The number of carbonyl (C=O) groups is 2. The van der Waals surface area contributed by atoms with Crippen LogP contribution in [0, 0.1) is 0 Å². The predicted octanol–water partition coefficient (Wildman–Crippen LogP) is 11.0. The largest absolute Gasteiger partial charge is 0.454 e. The number of aliphatic hydroxyl groups is 1. The Morgan fingerprint density at radius 1 is 0.662 bits per heavy atom. The van der Waals surface area contributed by atoms with Crippen LogP contribution in [0.15, 0.2) is 97.3 Å². The number of hydrogen-bond donors (Lipinski definition) is 4. The smallest absolute Gasteiger partial charge is 0.236 e. The summed E-state index contributed by atoms with van der Waals surface area (Å²) in [6.07, 6.45) is 14.5. The van der Waals surface area contributed by atoms with Gasteiger partial charge in [0.1, 0.15) is 6.10 Å². The van der Waals surface area contributed by atoms with Crippen molar-refractivity contribution in [1.82, 2.24) is 20.2 Å². The van der Waals surface area contributed by atoms with Gasteiger partial charge in [-0.2, -0.15) is 0 Å². The zero-order valence-electron chi connectivity index (χ0n) is 40.6. The fraction of sp³-hybridized carbons (Fsp3) is 0.396. The van der Waals surface area contributed by atoms with E-state index in [4.69, 9.17) is 42.1 Å². The van der Waals surface area contributed by atoms with Crippen LogP contribution >= 0.6 is 56.6 Å². The summed E-state index contributed by atoms with van der Waals surface area (Å²) in [6.45, 7) is 4.99. The molecule has 2 atom stereocenters. The molecule has 4 aliphatic heterocycles. The third-order valence-corrected chi connectivity index (χ3v) is 16.2. The predicted molar refractivity (Wildman–Crippen MR) is 290 cm³/mol. The van der Waals surface area contributed by atoms with Crippen LogP contribution in [0.4, 0.5) is 10.3 Å². The van der Waals surface area contributed by atoms with Gasteiger partial charge in [-0.25, -0.2) is 18.4 Å². The van der Waals surface area contributed by atoms with E-state index < -0.39 is 26.0 Å². The van der Waals surface area contributed by atoms with E-state index in [0.717, 1.165) is 77.4 Å². The van der Waals surface area contributed by atoms with Crippen molar-refractivity contribution in [2.45, 2.75) is 87.2 Å². The fourth-order valence-electron chi connectivity index (χ4n) is 9.36. The number of carbonyl (C=O) groups excluding carboxylic acids is 2. The number of fused-ring (bicyclic) bond motifs is 2. The molecule has 21 heteroatoms. The van der Waals surface area contributed by atoms with Crippen LogP contribution in [0.25, 0.3) is 0 Å². The lowest BCUT2D eigenvalue weighted by Gasteiger charge is -2.34. The van der Waals surface area contributed by atoms with Gasteiger partial charge < -0.3 is 40.0 Å². The van der Waals surface area contributed by atoms with E-state index in [1.165, 1.54) is 74.3 Å². The molecule has 6 aromatic rings. The summed E-state index contributed by atoms with van der Waals surface area (Å²) in [5.74, 6) is 2.68. The summed E-state index contributed by atoms with van der Waals surface area (Å²) in [5.41, 5.74) is 2.47. The molecule has 12 rings (SSSR count). The number of halogens is 3. The zero-order valence-corrected chi connectivity index (χ0v) is 45.3. The molecule has 2 saturated heterocycles. The number of nitrogens with one attached hydrogen (secondary N) is 3. The van der Waals surface area contributed by atoms with Crippen molar-refractivity contribution in [3.63, 3.8) is 0 Å². The third kappa shape index (κ3) is 13.1. The Kier molecular flexibility index (Phi) is 17.4. The minimum atomic E-state index is -3.19. The zero-order chi connectivity index (χ0) is 51.9. The molecule has 4 N–H and O–H groups in total. The van der Waals surface area contributed by atoms with Gasteiger partial charge in [0.25, 0.3) is 0 Å². The molecule has 74 heavy (non-hydrogen) atoms. The average Bonchev–Trinajstić information content (AvgIpc) is 4.08. The Hall–Kier alpha value is -5.02. The number of rotatable bonds is 11. The highest BCUT2D eigenvalue weighted by Crippen LogP contribution is 2.53. The number of ether oxygens (including phenoxy) is 4. The monoisotopic (exact) mass is 1120 g/mol. The van der Waals surface area contributed by atoms with Gasteiger partial charge in [0.15, 0.2) is 33.3 Å². The van der Waals surface area contributed by atoms with Gasteiger partial charge in [0.05, 0.1) is 28.0 Å². The first-order valence-corrected chi connectivity index (χ1v) is 29.7. The Bertz CT molecular complexity index is 3030. The molecule has 0 bridgehead atoms. The number of amides is 2. The molecule has 392 valence electrons. The minimum Gasteiger partial charge on any atom is -0.454 e. The maximum absolute atomic E-state index is 13.4. The Morgan fingerprint density at radius 3 is 1.57 bits per heavy atom. The number of hydrogen-bond acceptors (Lipinski definition) is 15. The second-order valence-corrected chi connectivity index (χ2v) is 24.8. The van der Waals surface area contributed by atoms with Gasteiger partial charge in [-0.05, 0) is 131 Å². The molecule has 2 amide bonds. The van der Waals surface area contributed by atoms with Gasteiger partial charge >= 0.3 is 0 Å². The highest BCUT2D eigenvalue weighted by atomic mass is 35.7. The van der Waals surface area contributed by atoms with E-state index in [9.17, 15) is 23.1 Å². The van der Waals surface area contributed by atoms with Crippen molar-refractivity contribution in [2.75, 3.05) is 56.7 Å². The maximum Gasteiger partial charge on any atom is 0.236 e. The van der Waals surface area contributed by atoms with E-state index in [-0.39, 0.29) is 31.4 Å².